The number of fused-ring (bicyclic) bond motifs is 1. The van der Waals surface area contributed by atoms with Crippen LogP contribution in [-0.4, -0.2) is 10.9 Å². The molecule has 1 aromatic rings. The molecule has 0 aliphatic carbocycles. The van der Waals surface area contributed by atoms with E-state index in [0.717, 1.165) is 11.3 Å². The van der Waals surface area contributed by atoms with Crippen LogP contribution in [0.4, 0.5) is 0 Å². The maximum Gasteiger partial charge on any atom is 0.123 e. The van der Waals surface area contributed by atoms with Crippen LogP contribution in [0.25, 0.3) is 6.08 Å². The van der Waals surface area contributed by atoms with Crippen LogP contribution in [0.5, 0.6) is 5.75 Å². The molecule has 1 heterocycles. The first-order chi connectivity index (χ1) is 5.38. The van der Waals surface area contributed by atoms with Crippen LogP contribution < -0.4 is 0 Å². The van der Waals surface area contributed by atoms with E-state index < -0.39 is 0 Å². The minimum Gasteiger partial charge on any atom is -0.507 e. The van der Waals surface area contributed by atoms with Crippen molar-refractivity contribution in [3.63, 3.8) is 0 Å². The van der Waals surface area contributed by atoms with E-state index >= 15 is 0 Å². The SMILES string of the molecule is Oc1cccc2c1C=CCS2. The minimum absolute atomic E-state index is 0.381. The second kappa shape index (κ2) is 2.62. The van der Waals surface area contributed by atoms with Crippen LogP contribution in [0.15, 0.2) is 29.2 Å². The lowest BCUT2D eigenvalue weighted by atomic mass is 10.2. The van der Waals surface area contributed by atoms with Gasteiger partial charge < -0.3 is 5.11 Å². The summed E-state index contributed by atoms with van der Waals surface area (Å²) in [6, 6.07) is 5.62. The van der Waals surface area contributed by atoms with Crippen molar-refractivity contribution in [2.45, 2.75) is 4.90 Å². The molecule has 0 radical (unpaired) electrons. The molecule has 1 aliphatic heterocycles. The molecular weight excluding hydrogens is 156 g/mol. The number of hydrogen-bond acceptors (Lipinski definition) is 2. The van der Waals surface area contributed by atoms with E-state index in [0.29, 0.717) is 5.75 Å². The first kappa shape index (κ1) is 6.80. The molecule has 0 bridgehead atoms. The Kier molecular flexibility index (Phi) is 1.62. The first-order valence-electron chi connectivity index (χ1n) is 3.49. The Morgan fingerprint density at radius 3 is 3.09 bits per heavy atom. The molecule has 1 aliphatic rings. The van der Waals surface area contributed by atoms with Gasteiger partial charge in [0.2, 0.25) is 0 Å². The van der Waals surface area contributed by atoms with E-state index in [1.54, 1.807) is 17.8 Å². The quantitative estimate of drug-likeness (QED) is 0.635. The highest BCUT2D eigenvalue weighted by Gasteiger charge is 2.07. The molecule has 2 heteroatoms. The molecule has 1 aromatic carbocycles. The van der Waals surface area contributed by atoms with Crippen molar-refractivity contribution in [2.75, 3.05) is 5.75 Å². The second-order valence-corrected chi connectivity index (χ2v) is 3.46. The first-order valence-corrected chi connectivity index (χ1v) is 4.48. The zero-order valence-electron chi connectivity index (χ0n) is 5.95. The van der Waals surface area contributed by atoms with Crippen LogP contribution in [0.2, 0.25) is 0 Å². The van der Waals surface area contributed by atoms with Crippen molar-refractivity contribution in [2.24, 2.45) is 0 Å². The van der Waals surface area contributed by atoms with Gasteiger partial charge in [-0.1, -0.05) is 18.2 Å². The zero-order valence-corrected chi connectivity index (χ0v) is 6.77. The lowest BCUT2D eigenvalue weighted by Crippen LogP contribution is -1.86. The van der Waals surface area contributed by atoms with Gasteiger partial charge in [0.05, 0.1) is 0 Å². The highest BCUT2D eigenvalue weighted by Crippen LogP contribution is 2.33. The third-order valence-electron chi connectivity index (χ3n) is 1.66. The van der Waals surface area contributed by atoms with Crippen molar-refractivity contribution in [3.05, 3.63) is 29.8 Å². The average Bonchev–Trinajstić information content (AvgIpc) is 2.06. The molecule has 0 atom stereocenters. The Bertz CT molecular complexity index is 304. The Morgan fingerprint density at radius 2 is 2.27 bits per heavy atom. The molecule has 0 amide bonds. The van der Waals surface area contributed by atoms with E-state index in [-0.39, 0.29) is 0 Å². The zero-order chi connectivity index (χ0) is 7.68. The fraction of sp³-hybridized carbons (Fsp3) is 0.111. The molecule has 0 spiro atoms. The van der Waals surface area contributed by atoms with Gasteiger partial charge in [-0.05, 0) is 12.1 Å². The number of phenols is 1. The van der Waals surface area contributed by atoms with E-state index in [4.69, 9.17) is 0 Å². The third kappa shape index (κ3) is 1.14. The molecular formula is C9H8OS. The predicted molar refractivity (Wildman–Crippen MR) is 47.9 cm³/mol. The third-order valence-corrected chi connectivity index (χ3v) is 2.69. The number of aromatic hydroxyl groups is 1. The lowest BCUT2D eigenvalue weighted by molar-refractivity contribution is 0.472. The Hall–Kier alpha value is -0.890. The van der Waals surface area contributed by atoms with E-state index in [1.165, 1.54) is 4.90 Å². The summed E-state index contributed by atoms with van der Waals surface area (Å²) in [5, 5.41) is 9.39. The van der Waals surface area contributed by atoms with Crippen LogP contribution in [0, 0.1) is 0 Å². The van der Waals surface area contributed by atoms with Crippen molar-refractivity contribution in [1.29, 1.82) is 0 Å². The number of hydrogen-bond donors (Lipinski definition) is 1. The minimum atomic E-state index is 0.381. The molecule has 0 aromatic heterocycles. The van der Waals surface area contributed by atoms with Gasteiger partial charge in [-0.15, -0.1) is 11.8 Å². The van der Waals surface area contributed by atoms with Crippen molar-refractivity contribution < 1.29 is 5.11 Å². The highest BCUT2D eigenvalue weighted by molar-refractivity contribution is 7.99. The fourth-order valence-corrected chi connectivity index (χ4v) is 2.00. The molecule has 0 saturated carbocycles. The van der Waals surface area contributed by atoms with Crippen molar-refractivity contribution >= 4 is 17.8 Å². The van der Waals surface area contributed by atoms with Gasteiger partial charge in [-0.3, -0.25) is 0 Å². The van der Waals surface area contributed by atoms with E-state index in [2.05, 4.69) is 6.08 Å². The summed E-state index contributed by atoms with van der Waals surface area (Å²) in [6.45, 7) is 0. The van der Waals surface area contributed by atoms with Gasteiger partial charge in [0.25, 0.3) is 0 Å². The monoisotopic (exact) mass is 164 g/mol. The van der Waals surface area contributed by atoms with Gasteiger partial charge >= 0.3 is 0 Å². The molecule has 0 fully saturated rings. The fourth-order valence-electron chi connectivity index (χ4n) is 1.13. The Morgan fingerprint density at radius 1 is 1.36 bits per heavy atom. The van der Waals surface area contributed by atoms with Gasteiger partial charge in [0.1, 0.15) is 5.75 Å². The lowest BCUT2D eigenvalue weighted by Gasteiger charge is -2.09. The summed E-state index contributed by atoms with van der Waals surface area (Å²) in [7, 11) is 0. The molecule has 56 valence electrons. The number of phenolic OH excluding ortho intramolecular Hbond substituents is 1. The molecule has 11 heavy (non-hydrogen) atoms. The van der Waals surface area contributed by atoms with Crippen molar-refractivity contribution in [3.8, 4) is 5.75 Å². The number of benzene rings is 1. The van der Waals surface area contributed by atoms with Crippen LogP contribution in [0.1, 0.15) is 5.56 Å². The smallest absolute Gasteiger partial charge is 0.123 e. The van der Waals surface area contributed by atoms with Gasteiger partial charge in [-0.2, -0.15) is 0 Å². The Labute approximate surface area is 69.7 Å². The summed E-state index contributed by atoms with van der Waals surface area (Å²) < 4.78 is 0. The predicted octanol–water partition coefficient (Wildman–Crippen LogP) is 2.51. The van der Waals surface area contributed by atoms with Crippen molar-refractivity contribution in [1.82, 2.24) is 0 Å². The van der Waals surface area contributed by atoms with Crippen LogP contribution >= 0.6 is 11.8 Å². The van der Waals surface area contributed by atoms with Crippen LogP contribution in [0.3, 0.4) is 0 Å². The van der Waals surface area contributed by atoms with E-state index in [9.17, 15) is 5.11 Å². The van der Waals surface area contributed by atoms with Gasteiger partial charge in [0.15, 0.2) is 0 Å². The number of rotatable bonds is 0. The maximum atomic E-state index is 9.39. The second-order valence-electron chi connectivity index (χ2n) is 2.40. The van der Waals surface area contributed by atoms with Gasteiger partial charge in [-0.25, -0.2) is 0 Å². The molecule has 1 N–H and O–H groups in total. The molecule has 1 nitrogen and oxygen atoms in total. The molecule has 0 saturated heterocycles. The summed E-state index contributed by atoms with van der Waals surface area (Å²) in [6.07, 6.45) is 4.04. The topological polar surface area (TPSA) is 20.2 Å². The summed E-state index contributed by atoms with van der Waals surface area (Å²) in [5.74, 6) is 1.39. The summed E-state index contributed by atoms with van der Waals surface area (Å²) >= 11 is 1.76. The van der Waals surface area contributed by atoms with Crippen LogP contribution in [-0.2, 0) is 0 Å². The maximum absolute atomic E-state index is 9.39. The average molecular weight is 164 g/mol. The summed E-state index contributed by atoms with van der Waals surface area (Å²) in [4.78, 5) is 1.17. The molecule has 2 rings (SSSR count). The molecule has 0 unspecified atom stereocenters. The van der Waals surface area contributed by atoms with E-state index in [1.807, 2.05) is 18.2 Å². The standard InChI is InChI=1S/C9H8OS/c10-8-4-1-5-9-7(8)3-2-6-11-9/h1-5,10H,6H2. The van der Waals surface area contributed by atoms with Gasteiger partial charge in [0, 0.05) is 16.2 Å². The largest absolute Gasteiger partial charge is 0.507 e. The highest BCUT2D eigenvalue weighted by atomic mass is 32.2. The normalized spacial score (nSPS) is 14.5. The number of thioether (sulfide) groups is 1. The summed E-state index contributed by atoms with van der Waals surface area (Å²) in [5.41, 5.74) is 0.962. The Balaban J connectivity index is 2.60.